The van der Waals surface area contributed by atoms with Crippen LogP contribution < -0.4 is 0 Å². The summed E-state index contributed by atoms with van der Waals surface area (Å²) in [4.78, 5) is 10.1. The molecule has 0 spiro atoms. The molecule has 0 aliphatic heterocycles. The van der Waals surface area contributed by atoms with Crippen LogP contribution >= 0.6 is 11.8 Å². The summed E-state index contributed by atoms with van der Waals surface area (Å²) in [6, 6.07) is 0. The average molecular weight is 178 g/mol. The Balaban J connectivity index is 3.17. The molecule has 0 rings (SSSR count). The maximum absolute atomic E-state index is 10.1. The van der Waals surface area contributed by atoms with Gasteiger partial charge in [0.2, 0.25) is 0 Å². The Morgan fingerprint density at radius 1 is 1.55 bits per heavy atom. The third kappa shape index (κ3) is 6.19. The summed E-state index contributed by atoms with van der Waals surface area (Å²) in [6.07, 6.45) is 3.19. The fourth-order valence-corrected chi connectivity index (χ4v) is 1.35. The molecule has 1 unspecified atom stereocenters. The van der Waals surface area contributed by atoms with Gasteiger partial charge in [0.25, 0.3) is 0 Å². The van der Waals surface area contributed by atoms with Gasteiger partial charge in [-0.15, -0.1) is 11.8 Å². The molecule has 0 saturated carbocycles. The first-order valence-corrected chi connectivity index (χ1v) is 4.75. The van der Waals surface area contributed by atoms with Gasteiger partial charge in [0.05, 0.1) is 0 Å². The van der Waals surface area contributed by atoms with Crippen LogP contribution in [0.25, 0.3) is 0 Å². The summed E-state index contributed by atoms with van der Waals surface area (Å²) >= 11 is 1.08. The average Bonchev–Trinajstić information content (AvgIpc) is 1.97. The van der Waals surface area contributed by atoms with E-state index < -0.39 is 11.4 Å². The van der Waals surface area contributed by atoms with Gasteiger partial charge in [0.15, 0.2) is 5.44 Å². The smallest absolute Gasteiger partial charge is 0.343 e. The molecule has 0 bridgehead atoms. The number of hydrogen-bond donors (Lipinski definition) is 2. The highest BCUT2D eigenvalue weighted by atomic mass is 32.2. The van der Waals surface area contributed by atoms with Crippen LogP contribution in [0.15, 0.2) is 0 Å². The van der Waals surface area contributed by atoms with Crippen LogP contribution in [0.2, 0.25) is 0 Å². The molecule has 2 N–H and O–H groups in total. The number of carboxylic acid groups (broad SMARTS) is 1. The lowest BCUT2D eigenvalue weighted by atomic mass is 10.3. The van der Waals surface area contributed by atoms with Crippen LogP contribution in [-0.4, -0.2) is 27.4 Å². The van der Waals surface area contributed by atoms with Crippen LogP contribution in [-0.2, 0) is 4.79 Å². The Hall–Kier alpha value is -0.220. The van der Waals surface area contributed by atoms with Crippen molar-refractivity contribution in [1.82, 2.24) is 0 Å². The van der Waals surface area contributed by atoms with E-state index in [2.05, 4.69) is 6.92 Å². The number of aliphatic carboxylic acids is 1. The highest BCUT2D eigenvalue weighted by molar-refractivity contribution is 8.00. The minimum absolute atomic E-state index is 0.724. The van der Waals surface area contributed by atoms with Crippen molar-refractivity contribution in [2.75, 3.05) is 5.75 Å². The van der Waals surface area contributed by atoms with Crippen LogP contribution in [0.3, 0.4) is 0 Å². The van der Waals surface area contributed by atoms with Crippen molar-refractivity contribution in [2.45, 2.75) is 31.6 Å². The fraction of sp³-hybridized carbons (Fsp3) is 0.857. The Morgan fingerprint density at radius 2 is 2.18 bits per heavy atom. The molecule has 0 aromatic heterocycles. The van der Waals surface area contributed by atoms with Crippen molar-refractivity contribution in [2.24, 2.45) is 0 Å². The molecule has 0 heterocycles. The lowest BCUT2D eigenvalue weighted by Gasteiger charge is -2.03. The third-order valence-electron chi connectivity index (χ3n) is 1.23. The molecular formula is C7H14O3S. The maximum atomic E-state index is 10.1. The molecule has 4 heteroatoms. The minimum Gasteiger partial charge on any atom is -0.479 e. The first kappa shape index (κ1) is 10.8. The quantitative estimate of drug-likeness (QED) is 0.475. The fourth-order valence-electron chi connectivity index (χ4n) is 0.618. The van der Waals surface area contributed by atoms with Gasteiger partial charge >= 0.3 is 5.97 Å². The van der Waals surface area contributed by atoms with E-state index in [1.807, 2.05) is 0 Å². The zero-order chi connectivity index (χ0) is 8.69. The summed E-state index contributed by atoms with van der Waals surface area (Å²) in [6.45, 7) is 2.08. The SMILES string of the molecule is CCCCCSC(O)C(=O)O. The maximum Gasteiger partial charge on any atom is 0.343 e. The number of carboxylic acids is 1. The highest BCUT2D eigenvalue weighted by Gasteiger charge is 2.11. The number of aliphatic hydroxyl groups is 1. The number of thioether (sulfide) groups is 1. The van der Waals surface area contributed by atoms with Crippen molar-refractivity contribution >= 4 is 17.7 Å². The van der Waals surface area contributed by atoms with Crippen molar-refractivity contribution in [3.8, 4) is 0 Å². The first-order chi connectivity index (χ1) is 5.18. The van der Waals surface area contributed by atoms with Gasteiger partial charge in [0.1, 0.15) is 0 Å². The molecule has 0 aromatic rings. The predicted molar refractivity (Wildman–Crippen MR) is 45.6 cm³/mol. The zero-order valence-electron chi connectivity index (χ0n) is 6.62. The number of hydrogen-bond acceptors (Lipinski definition) is 3. The van der Waals surface area contributed by atoms with Crippen molar-refractivity contribution in [3.05, 3.63) is 0 Å². The molecule has 0 saturated heterocycles. The zero-order valence-corrected chi connectivity index (χ0v) is 7.43. The van der Waals surface area contributed by atoms with Crippen molar-refractivity contribution in [1.29, 1.82) is 0 Å². The normalized spacial score (nSPS) is 12.9. The van der Waals surface area contributed by atoms with Crippen LogP contribution in [0.5, 0.6) is 0 Å². The van der Waals surface area contributed by atoms with E-state index in [1.54, 1.807) is 0 Å². The van der Waals surface area contributed by atoms with E-state index in [-0.39, 0.29) is 0 Å². The van der Waals surface area contributed by atoms with Crippen LogP contribution in [0.1, 0.15) is 26.2 Å². The van der Waals surface area contributed by atoms with Gasteiger partial charge in [-0.25, -0.2) is 4.79 Å². The monoisotopic (exact) mass is 178 g/mol. The molecule has 0 fully saturated rings. The molecule has 0 aromatic carbocycles. The topological polar surface area (TPSA) is 57.5 Å². The van der Waals surface area contributed by atoms with Gasteiger partial charge in [-0.3, -0.25) is 0 Å². The Morgan fingerprint density at radius 3 is 2.64 bits per heavy atom. The lowest BCUT2D eigenvalue weighted by molar-refractivity contribution is -0.141. The Labute approximate surface area is 70.8 Å². The standard InChI is InChI=1S/C7H14O3S/c1-2-3-4-5-11-7(10)6(8)9/h7,10H,2-5H2,1H3,(H,8,9). The van der Waals surface area contributed by atoms with Gasteiger partial charge in [-0.05, 0) is 12.2 Å². The van der Waals surface area contributed by atoms with Crippen LogP contribution in [0, 0.1) is 0 Å². The second-order valence-electron chi connectivity index (χ2n) is 2.27. The second kappa shape index (κ2) is 6.49. The van der Waals surface area contributed by atoms with E-state index in [4.69, 9.17) is 10.2 Å². The summed E-state index contributed by atoms with van der Waals surface area (Å²) in [7, 11) is 0. The first-order valence-electron chi connectivity index (χ1n) is 3.71. The molecular weight excluding hydrogens is 164 g/mol. The third-order valence-corrected chi connectivity index (χ3v) is 2.28. The van der Waals surface area contributed by atoms with E-state index in [9.17, 15) is 4.79 Å². The van der Waals surface area contributed by atoms with E-state index in [0.717, 1.165) is 36.8 Å². The molecule has 0 aliphatic rings. The van der Waals surface area contributed by atoms with Crippen molar-refractivity contribution in [3.63, 3.8) is 0 Å². The Kier molecular flexibility index (Phi) is 6.36. The minimum atomic E-state index is -1.24. The lowest BCUT2D eigenvalue weighted by Crippen LogP contribution is -2.15. The van der Waals surface area contributed by atoms with E-state index >= 15 is 0 Å². The van der Waals surface area contributed by atoms with Gasteiger partial charge in [0, 0.05) is 0 Å². The summed E-state index contributed by atoms with van der Waals surface area (Å²) in [5.41, 5.74) is -1.24. The van der Waals surface area contributed by atoms with Crippen LogP contribution in [0.4, 0.5) is 0 Å². The van der Waals surface area contributed by atoms with Gasteiger partial charge in [-0.1, -0.05) is 19.8 Å². The van der Waals surface area contributed by atoms with E-state index in [1.165, 1.54) is 0 Å². The molecule has 0 aliphatic carbocycles. The molecule has 0 radical (unpaired) electrons. The summed E-state index contributed by atoms with van der Waals surface area (Å²) in [5, 5.41) is 17.1. The van der Waals surface area contributed by atoms with Gasteiger partial charge in [-0.2, -0.15) is 0 Å². The number of carbonyl (C=O) groups is 1. The van der Waals surface area contributed by atoms with Gasteiger partial charge < -0.3 is 10.2 Å². The molecule has 3 nitrogen and oxygen atoms in total. The number of unbranched alkanes of at least 4 members (excludes halogenated alkanes) is 2. The second-order valence-corrected chi connectivity index (χ2v) is 3.46. The Bertz CT molecular complexity index is 116. The molecule has 66 valence electrons. The summed E-state index contributed by atoms with van der Waals surface area (Å²) < 4.78 is 0. The summed E-state index contributed by atoms with van der Waals surface area (Å²) in [5.74, 6) is -0.423. The molecule has 1 atom stereocenters. The van der Waals surface area contributed by atoms with E-state index in [0.29, 0.717) is 0 Å². The molecule has 11 heavy (non-hydrogen) atoms. The highest BCUT2D eigenvalue weighted by Crippen LogP contribution is 2.11. The molecule has 0 amide bonds. The predicted octanol–water partition coefficient (Wildman–Crippen LogP) is 1.31. The van der Waals surface area contributed by atoms with Crippen molar-refractivity contribution < 1.29 is 15.0 Å². The largest absolute Gasteiger partial charge is 0.479 e. The number of rotatable bonds is 6. The number of aliphatic hydroxyl groups excluding tert-OH is 1.